The van der Waals surface area contributed by atoms with E-state index in [-0.39, 0.29) is 11.8 Å². The lowest BCUT2D eigenvalue weighted by Crippen LogP contribution is -2.31. The number of fused-ring (bicyclic) bond motifs is 1. The predicted molar refractivity (Wildman–Crippen MR) is 140 cm³/mol. The lowest BCUT2D eigenvalue weighted by molar-refractivity contribution is 0.0985. The number of nitrogens with zero attached hydrogens (tertiary/aromatic N) is 1. The summed E-state index contributed by atoms with van der Waals surface area (Å²) >= 11 is 8.40. The van der Waals surface area contributed by atoms with Gasteiger partial charge in [0.2, 0.25) is 0 Å². The molecule has 4 aromatic rings. The second-order valence-electron chi connectivity index (χ2n) is 7.18. The van der Waals surface area contributed by atoms with Gasteiger partial charge in [0.1, 0.15) is 0 Å². The summed E-state index contributed by atoms with van der Waals surface area (Å²) in [5, 5.41) is 5.32. The van der Waals surface area contributed by atoms with Gasteiger partial charge in [0, 0.05) is 26.8 Å². The summed E-state index contributed by atoms with van der Waals surface area (Å²) in [4.78, 5) is 27.9. The van der Waals surface area contributed by atoms with Crippen molar-refractivity contribution in [2.75, 3.05) is 16.8 Å². The van der Waals surface area contributed by atoms with E-state index < -0.39 is 0 Å². The summed E-state index contributed by atoms with van der Waals surface area (Å²) in [5.74, 6) is -0.452. The van der Waals surface area contributed by atoms with E-state index >= 15 is 0 Å². The number of nitrogens with one attached hydrogen (secondary N) is 1. The van der Waals surface area contributed by atoms with Gasteiger partial charge in [0.15, 0.2) is 0 Å². The topological polar surface area (TPSA) is 49.4 Å². The number of hydrogen-bond acceptors (Lipinski definition) is 2. The number of amides is 2. The Bertz CT molecular complexity index is 1320. The van der Waals surface area contributed by atoms with Crippen LogP contribution in [0, 0.1) is 3.57 Å². The summed E-state index contributed by atoms with van der Waals surface area (Å²) in [6.45, 7) is 2.47. The first-order valence-electron chi connectivity index (χ1n) is 10.1. The Morgan fingerprint density at radius 3 is 2.47 bits per heavy atom. The highest BCUT2D eigenvalue weighted by Gasteiger charge is 2.21. The fourth-order valence-corrected chi connectivity index (χ4v) is 4.62. The van der Waals surface area contributed by atoms with Crippen LogP contribution < -0.4 is 10.2 Å². The first kappa shape index (κ1) is 22.3. The van der Waals surface area contributed by atoms with Crippen LogP contribution in [0.25, 0.3) is 10.8 Å². The third-order valence-corrected chi connectivity index (χ3v) is 6.37. The second kappa shape index (κ2) is 9.71. The van der Waals surface area contributed by atoms with Crippen molar-refractivity contribution in [1.29, 1.82) is 0 Å². The first-order valence-corrected chi connectivity index (χ1v) is 11.6. The molecular weight excluding hydrogens is 535 g/mol. The zero-order valence-electron chi connectivity index (χ0n) is 17.3. The number of hydrogen-bond donors (Lipinski definition) is 1. The van der Waals surface area contributed by atoms with Crippen molar-refractivity contribution >= 4 is 68.2 Å². The molecule has 1 N–H and O–H groups in total. The van der Waals surface area contributed by atoms with Crippen molar-refractivity contribution in [3.63, 3.8) is 0 Å². The molecule has 4 nitrogen and oxygen atoms in total. The van der Waals surface area contributed by atoms with E-state index in [4.69, 9.17) is 11.6 Å². The molecule has 2 amide bonds. The summed E-state index contributed by atoms with van der Waals surface area (Å²) in [6.07, 6.45) is 0. The van der Waals surface area contributed by atoms with Gasteiger partial charge < -0.3 is 10.2 Å². The standard InChI is InChI=1S/C26H20ClIN2O2/c1-2-30(24-20-11-4-3-8-17(20)14-15-23(24)28)26(32)18-9-7-10-19(16-18)29-25(31)21-12-5-6-13-22(21)27/h3-16H,2H2,1H3,(H,29,31). The second-order valence-corrected chi connectivity index (χ2v) is 8.75. The van der Waals surface area contributed by atoms with Gasteiger partial charge in [-0.05, 0) is 71.3 Å². The molecule has 6 heteroatoms. The fourth-order valence-electron chi connectivity index (χ4n) is 3.64. The van der Waals surface area contributed by atoms with Gasteiger partial charge in [-0.3, -0.25) is 9.59 Å². The molecule has 0 saturated carbocycles. The molecule has 0 saturated heterocycles. The van der Waals surface area contributed by atoms with Crippen molar-refractivity contribution in [3.05, 3.63) is 105 Å². The zero-order chi connectivity index (χ0) is 22.7. The van der Waals surface area contributed by atoms with Gasteiger partial charge in [-0.15, -0.1) is 0 Å². The average Bonchev–Trinajstić information content (AvgIpc) is 2.81. The summed E-state index contributed by atoms with van der Waals surface area (Å²) in [7, 11) is 0. The minimum absolute atomic E-state index is 0.129. The van der Waals surface area contributed by atoms with E-state index in [0.717, 1.165) is 20.0 Å². The molecule has 0 aliphatic rings. The SMILES string of the molecule is CCN(C(=O)c1cccc(NC(=O)c2ccccc2Cl)c1)c1c(I)ccc2ccccc12. The van der Waals surface area contributed by atoms with Crippen LogP contribution in [0.1, 0.15) is 27.6 Å². The van der Waals surface area contributed by atoms with Crippen molar-refractivity contribution in [2.45, 2.75) is 6.92 Å². The molecular formula is C26H20ClIN2O2. The van der Waals surface area contributed by atoms with Gasteiger partial charge in [-0.25, -0.2) is 0 Å². The van der Waals surface area contributed by atoms with Gasteiger partial charge in [-0.1, -0.05) is 60.1 Å². The molecule has 0 atom stereocenters. The Hall–Kier alpha value is -2.90. The van der Waals surface area contributed by atoms with Crippen LogP contribution in [0.5, 0.6) is 0 Å². The Balaban J connectivity index is 1.66. The van der Waals surface area contributed by atoms with Crippen LogP contribution in [0.2, 0.25) is 5.02 Å². The van der Waals surface area contributed by atoms with Crippen LogP contribution in [0.3, 0.4) is 0 Å². The van der Waals surface area contributed by atoms with Crippen molar-refractivity contribution < 1.29 is 9.59 Å². The third kappa shape index (κ3) is 4.49. The highest BCUT2D eigenvalue weighted by molar-refractivity contribution is 14.1. The van der Waals surface area contributed by atoms with Gasteiger partial charge in [0.25, 0.3) is 11.8 Å². The quantitative estimate of drug-likeness (QED) is 0.270. The van der Waals surface area contributed by atoms with E-state index in [1.807, 2.05) is 37.3 Å². The van der Waals surface area contributed by atoms with Crippen molar-refractivity contribution in [1.82, 2.24) is 0 Å². The van der Waals surface area contributed by atoms with Crippen LogP contribution in [0.15, 0.2) is 84.9 Å². The van der Waals surface area contributed by atoms with E-state index in [1.54, 1.807) is 53.4 Å². The average molecular weight is 555 g/mol. The number of rotatable bonds is 5. The largest absolute Gasteiger partial charge is 0.322 e. The van der Waals surface area contributed by atoms with Crippen LogP contribution in [0.4, 0.5) is 11.4 Å². The monoisotopic (exact) mass is 554 g/mol. The minimum atomic E-state index is -0.323. The van der Waals surface area contributed by atoms with Gasteiger partial charge in [-0.2, -0.15) is 0 Å². The maximum Gasteiger partial charge on any atom is 0.258 e. The molecule has 0 aliphatic carbocycles. The van der Waals surface area contributed by atoms with E-state index in [2.05, 4.69) is 34.0 Å². The maximum atomic E-state index is 13.5. The fraction of sp³-hybridized carbons (Fsp3) is 0.0769. The van der Waals surface area contributed by atoms with Gasteiger partial charge in [0.05, 0.1) is 16.3 Å². The van der Waals surface area contributed by atoms with E-state index in [0.29, 0.717) is 28.4 Å². The zero-order valence-corrected chi connectivity index (χ0v) is 20.2. The van der Waals surface area contributed by atoms with Crippen molar-refractivity contribution in [3.8, 4) is 0 Å². The molecule has 0 radical (unpaired) electrons. The summed E-state index contributed by atoms with van der Waals surface area (Å²) < 4.78 is 1.000. The smallest absolute Gasteiger partial charge is 0.258 e. The van der Waals surface area contributed by atoms with Crippen molar-refractivity contribution in [2.24, 2.45) is 0 Å². The molecule has 160 valence electrons. The number of benzene rings is 4. The third-order valence-electron chi connectivity index (χ3n) is 5.17. The maximum absolute atomic E-state index is 13.5. The molecule has 0 aromatic heterocycles. The highest BCUT2D eigenvalue weighted by Crippen LogP contribution is 2.33. The molecule has 0 bridgehead atoms. The minimum Gasteiger partial charge on any atom is -0.322 e. The number of halogens is 2. The molecule has 0 aliphatic heterocycles. The van der Waals surface area contributed by atoms with Gasteiger partial charge >= 0.3 is 0 Å². The number of carbonyl (C=O) groups is 2. The number of carbonyl (C=O) groups excluding carboxylic acids is 2. The predicted octanol–water partition coefficient (Wildman–Crippen LogP) is 7.02. The summed E-state index contributed by atoms with van der Waals surface area (Å²) in [5.41, 5.74) is 2.30. The van der Waals surface area contributed by atoms with E-state index in [9.17, 15) is 9.59 Å². The van der Waals surface area contributed by atoms with E-state index in [1.165, 1.54) is 0 Å². The Morgan fingerprint density at radius 2 is 1.69 bits per heavy atom. The van der Waals surface area contributed by atoms with Crippen LogP contribution in [-0.2, 0) is 0 Å². The summed E-state index contributed by atoms with van der Waals surface area (Å²) in [6, 6.07) is 25.9. The lowest BCUT2D eigenvalue weighted by Gasteiger charge is -2.24. The highest BCUT2D eigenvalue weighted by atomic mass is 127. The molecule has 0 fully saturated rings. The molecule has 4 aromatic carbocycles. The molecule has 0 spiro atoms. The lowest BCUT2D eigenvalue weighted by atomic mass is 10.1. The number of anilines is 2. The molecule has 0 heterocycles. The van der Waals surface area contributed by atoms with Crippen LogP contribution >= 0.6 is 34.2 Å². The normalized spacial score (nSPS) is 10.7. The Kier molecular flexibility index (Phi) is 6.77. The first-order chi connectivity index (χ1) is 15.5. The Labute approximate surface area is 205 Å². The molecule has 4 rings (SSSR count). The molecule has 0 unspecified atom stereocenters. The van der Waals surface area contributed by atoms with Crippen LogP contribution in [-0.4, -0.2) is 18.4 Å². The Morgan fingerprint density at radius 1 is 0.938 bits per heavy atom. The molecule has 32 heavy (non-hydrogen) atoms.